The first-order valence-electron chi connectivity index (χ1n) is 5.15. The Balaban J connectivity index is 2.14. The van der Waals surface area contributed by atoms with E-state index in [-0.39, 0.29) is 5.28 Å². The van der Waals surface area contributed by atoms with Crippen LogP contribution in [0.5, 0.6) is 0 Å². The number of aryl methyl sites for hydroxylation is 1. The molecule has 1 aromatic rings. The van der Waals surface area contributed by atoms with Crippen LogP contribution in [0.15, 0.2) is 0 Å². The quantitative estimate of drug-likeness (QED) is 0.603. The van der Waals surface area contributed by atoms with Gasteiger partial charge in [0.25, 0.3) is 0 Å². The molecule has 88 valence electrons. The molecule has 16 heavy (non-hydrogen) atoms. The van der Waals surface area contributed by atoms with Crippen LogP contribution >= 0.6 is 23.2 Å². The predicted octanol–water partition coefficient (Wildman–Crippen LogP) is 1.92. The number of halogens is 2. The fourth-order valence-corrected chi connectivity index (χ4v) is 2.22. The summed E-state index contributed by atoms with van der Waals surface area (Å²) < 4.78 is 5.29. The van der Waals surface area contributed by atoms with Gasteiger partial charge >= 0.3 is 0 Å². The number of nitrogens with zero attached hydrogens (tertiary/aromatic N) is 3. The number of hydrogen-bond acceptors (Lipinski definition) is 4. The van der Waals surface area contributed by atoms with Crippen molar-refractivity contribution in [2.75, 3.05) is 26.3 Å². The highest BCUT2D eigenvalue weighted by molar-refractivity contribution is 6.32. The van der Waals surface area contributed by atoms with Crippen LogP contribution in [0.1, 0.15) is 11.3 Å². The zero-order valence-electron chi connectivity index (χ0n) is 9.04. The van der Waals surface area contributed by atoms with Gasteiger partial charge in [-0.2, -0.15) is 0 Å². The third kappa shape index (κ3) is 2.83. The molecule has 2 heterocycles. The van der Waals surface area contributed by atoms with Gasteiger partial charge in [0.05, 0.1) is 13.2 Å². The Labute approximate surface area is 105 Å². The summed E-state index contributed by atoms with van der Waals surface area (Å²) in [7, 11) is 0. The SMILES string of the molecule is Cc1nc(Cl)nc(Cl)c1CN1CCOCC1. The summed E-state index contributed by atoms with van der Waals surface area (Å²) in [6.45, 7) is 6.02. The lowest BCUT2D eigenvalue weighted by molar-refractivity contribution is 0.0340. The number of aromatic nitrogens is 2. The molecule has 2 rings (SSSR count). The molecule has 1 aliphatic heterocycles. The Bertz CT molecular complexity index is 357. The Kier molecular flexibility index (Phi) is 3.97. The van der Waals surface area contributed by atoms with Crippen molar-refractivity contribution in [1.29, 1.82) is 0 Å². The Hall–Kier alpha value is -0.420. The summed E-state index contributed by atoms with van der Waals surface area (Å²) in [6, 6.07) is 0. The van der Waals surface area contributed by atoms with Crippen LogP contribution in [0.25, 0.3) is 0 Å². The zero-order chi connectivity index (χ0) is 11.5. The molecule has 0 atom stereocenters. The molecule has 0 unspecified atom stereocenters. The highest BCUT2D eigenvalue weighted by Crippen LogP contribution is 2.20. The van der Waals surface area contributed by atoms with Gasteiger partial charge in [-0.05, 0) is 18.5 Å². The Morgan fingerprint density at radius 1 is 1.25 bits per heavy atom. The van der Waals surface area contributed by atoms with Crippen LogP contribution in [0, 0.1) is 6.92 Å². The molecule has 6 heteroatoms. The van der Waals surface area contributed by atoms with Gasteiger partial charge in [-0.1, -0.05) is 11.6 Å². The molecule has 4 nitrogen and oxygen atoms in total. The summed E-state index contributed by atoms with van der Waals surface area (Å²) in [5.74, 6) is 0. The topological polar surface area (TPSA) is 38.2 Å². The van der Waals surface area contributed by atoms with Gasteiger partial charge in [0.2, 0.25) is 5.28 Å². The summed E-state index contributed by atoms with van der Waals surface area (Å²) in [6.07, 6.45) is 0. The van der Waals surface area contributed by atoms with Crippen LogP contribution < -0.4 is 0 Å². The minimum Gasteiger partial charge on any atom is -0.379 e. The molecule has 0 N–H and O–H groups in total. The number of rotatable bonds is 2. The third-order valence-corrected chi connectivity index (χ3v) is 3.10. The van der Waals surface area contributed by atoms with E-state index in [0.717, 1.165) is 44.1 Å². The smallest absolute Gasteiger partial charge is 0.224 e. The second-order valence-corrected chi connectivity index (χ2v) is 4.43. The molecule has 0 spiro atoms. The predicted molar refractivity (Wildman–Crippen MR) is 62.9 cm³/mol. The van der Waals surface area contributed by atoms with Gasteiger partial charge in [-0.25, -0.2) is 9.97 Å². The van der Waals surface area contributed by atoms with E-state index in [1.165, 1.54) is 0 Å². The van der Waals surface area contributed by atoms with E-state index in [4.69, 9.17) is 27.9 Å². The van der Waals surface area contributed by atoms with Crippen molar-refractivity contribution in [3.8, 4) is 0 Å². The van der Waals surface area contributed by atoms with Crippen LogP contribution in [0.3, 0.4) is 0 Å². The fourth-order valence-electron chi connectivity index (χ4n) is 1.69. The average molecular weight is 262 g/mol. The summed E-state index contributed by atoms with van der Waals surface area (Å²) in [5.41, 5.74) is 1.80. The minimum absolute atomic E-state index is 0.202. The molecule has 0 aromatic carbocycles. The molecular weight excluding hydrogens is 249 g/mol. The van der Waals surface area contributed by atoms with E-state index < -0.39 is 0 Å². The minimum atomic E-state index is 0.202. The van der Waals surface area contributed by atoms with Crippen LogP contribution in [0.4, 0.5) is 0 Å². The van der Waals surface area contributed by atoms with Crippen molar-refractivity contribution in [2.45, 2.75) is 13.5 Å². The average Bonchev–Trinajstić information content (AvgIpc) is 2.25. The third-order valence-electron chi connectivity index (χ3n) is 2.62. The van der Waals surface area contributed by atoms with E-state index in [2.05, 4.69) is 14.9 Å². The van der Waals surface area contributed by atoms with E-state index >= 15 is 0 Å². The molecule has 1 saturated heterocycles. The molecule has 1 aromatic heterocycles. The van der Waals surface area contributed by atoms with E-state index in [9.17, 15) is 0 Å². The largest absolute Gasteiger partial charge is 0.379 e. The first-order chi connectivity index (χ1) is 7.66. The summed E-state index contributed by atoms with van der Waals surface area (Å²) in [5, 5.41) is 0.650. The second-order valence-electron chi connectivity index (χ2n) is 3.74. The second kappa shape index (κ2) is 5.27. The fraction of sp³-hybridized carbons (Fsp3) is 0.600. The standard InChI is InChI=1S/C10H13Cl2N3O/c1-7-8(9(11)14-10(12)13-7)6-15-2-4-16-5-3-15/h2-6H2,1H3. The lowest BCUT2D eigenvalue weighted by Gasteiger charge is -2.27. The maximum Gasteiger partial charge on any atom is 0.224 e. The van der Waals surface area contributed by atoms with Gasteiger partial charge < -0.3 is 4.74 Å². The molecule has 1 aliphatic rings. The highest BCUT2D eigenvalue weighted by Gasteiger charge is 2.15. The van der Waals surface area contributed by atoms with Crippen molar-refractivity contribution in [3.63, 3.8) is 0 Å². The Morgan fingerprint density at radius 3 is 2.56 bits per heavy atom. The molecular formula is C10H13Cl2N3O. The lowest BCUT2D eigenvalue weighted by Crippen LogP contribution is -2.36. The molecule has 0 bridgehead atoms. The molecule has 0 aliphatic carbocycles. The van der Waals surface area contributed by atoms with Gasteiger partial charge in [-0.3, -0.25) is 4.90 Å². The molecule has 0 radical (unpaired) electrons. The summed E-state index contributed by atoms with van der Waals surface area (Å²) in [4.78, 5) is 10.3. The summed E-state index contributed by atoms with van der Waals surface area (Å²) >= 11 is 11.8. The molecule has 0 amide bonds. The van der Waals surface area contributed by atoms with E-state index in [1.807, 2.05) is 6.92 Å². The Morgan fingerprint density at radius 2 is 1.94 bits per heavy atom. The maximum absolute atomic E-state index is 6.06. The first-order valence-corrected chi connectivity index (χ1v) is 5.91. The van der Waals surface area contributed by atoms with Crippen molar-refractivity contribution < 1.29 is 4.74 Å². The van der Waals surface area contributed by atoms with Gasteiger partial charge in [0, 0.05) is 30.9 Å². The van der Waals surface area contributed by atoms with Crippen molar-refractivity contribution >= 4 is 23.2 Å². The van der Waals surface area contributed by atoms with Crippen LogP contribution in [0.2, 0.25) is 10.4 Å². The van der Waals surface area contributed by atoms with Crippen LogP contribution in [-0.2, 0) is 11.3 Å². The zero-order valence-corrected chi connectivity index (χ0v) is 10.6. The number of morpholine rings is 1. The van der Waals surface area contributed by atoms with E-state index in [0.29, 0.717) is 5.15 Å². The molecule has 0 saturated carbocycles. The normalized spacial score (nSPS) is 17.7. The van der Waals surface area contributed by atoms with Crippen LogP contribution in [-0.4, -0.2) is 41.2 Å². The molecule has 1 fully saturated rings. The lowest BCUT2D eigenvalue weighted by atomic mass is 10.2. The monoisotopic (exact) mass is 261 g/mol. The highest BCUT2D eigenvalue weighted by atomic mass is 35.5. The van der Waals surface area contributed by atoms with Gasteiger partial charge in [-0.15, -0.1) is 0 Å². The van der Waals surface area contributed by atoms with Gasteiger partial charge in [0.15, 0.2) is 0 Å². The van der Waals surface area contributed by atoms with Crippen molar-refractivity contribution in [1.82, 2.24) is 14.9 Å². The van der Waals surface area contributed by atoms with Crippen molar-refractivity contribution in [3.05, 3.63) is 21.7 Å². The maximum atomic E-state index is 6.06. The van der Waals surface area contributed by atoms with E-state index in [1.54, 1.807) is 0 Å². The first kappa shape index (κ1) is 12.0. The van der Waals surface area contributed by atoms with Crippen molar-refractivity contribution in [2.24, 2.45) is 0 Å². The number of hydrogen-bond donors (Lipinski definition) is 0. The number of ether oxygens (including phenoxy) is 1. The van der Waals surface area contributed by atoms with Gasteiger partial charge in [0.1, 0.15) is 5.15 Å².